The summed E-state index contributed by atoms with van der Waals surface area (Å²) in [5, 5.41) is 2.72. The Bertz CT molecular complexity index is 201. The maximum Gasteiger partial charge on any atom is 0.295 e. The number of hydrogen-bond acceptors (Lipinski definition) is 2. The number of carbonyl (C=O) groups excluding carboxylic acids is 1. The van der Waals surface area contributed by atoms with E-state index in [-0.39, 0.29) is 11.9 Å². The van der Waals surface area contributed by atoms with E-state index in [9.17, 15) is 4.79 Å². The van der Waals surface area contributed by atoms with Crippen molar-refractivity contribution in [1.29, 1.82) is 0 Å². The van der Waals surface area contributed by atoms with Crippen LogP contribution in [0.4, 0.5) is 0 Å². The van der Waals surface area contributed by atoms with Gasteiger partial charge in [0.25, 0.3) is 5.91 Å². The highest BCUT2D eigenvalue weighted by atomic mass is 16.5. The lowest BCUT2D eigenvalue weighted by molar-refractivity contribution is -0.116. The second-order valence-electron chi connectivity index (χ2n) is 3.03. The van der Waals surface area contributed by atoms with Crippen LogP contribution in [-0.4, -0.2) is 25.2 Å². The molecule has 2 unspecified atom stereocenters. The molecule has 1 fully saturated rings. The highest BCUT2D eigenvalue weighted by molar-refractivity contribution is 5.92. The predicted molar refractivity (Wildman–Crippen MR) is 45.4 cm³/mol. The lowest BCUT2D eigenvalue weighted by Crippen LogP contribution is -2.37. The fourth-order valence-corrected chi connectivity index (χ4v) is 1.31. The minimum Gasteiger partial charge on any atom is -0.381 e. The Morgan fingerprint density at radius 2 is 2.58 bits per heavy atom. The first-order valence-electron chi connectivity index (χ1n) is 4.09. The Labute approximate surface area is 72.5 Å². The molecule has 0 radical (unpaired) electrons. The van der Waals surface area contributed by atoms with Crippen LogP contribution < -0.4 is 5.32 Å². The van der Waals surface area contributed by atoms with Crippen LogP contribution in [0, 0.1) is 18.3 Å². The molecular formula is C9H13NO2. The zero-order valence-corrected chi connectivity index (χ0v) is 7.17. The molecular weight excluding hydrogens is 154 g/mol. The number of ether oxygens (including phenoxy) is 1. The summed E-state index contributed by atoms with van der Waals surface area (Å²) in [5.41, 5.74) is 0. The lowest BCUT2D eigenvalue weighted by atomic mass is 10.0. The fraction of sp³-hybridized carbons (Fsp3) is 0.667. The molecule has 0 bridgehead atoms. The fourth-order valence-electron chi connectivity index (χ4n) is 1.31. The minimum atomic E-state index is -0.339. The van der Waals surface area contributed by atoms with E-state index < -0.39 is 0 Å². The summed E-state index contributed by atoms with van der Waals surface area (Å²) in [6.07, 6.45) is 5.93. The molecule has 1 rings (SSSR count). The standard InChI is InChI=1S/C9H13NO2/c1-3-9(11)10-7(2)8-4-5-12-6-8/h1,7-8H,4-6H2,2H3,(H,10,11). The van der Waals surface area contributed by atoms with Gasteiger partial charge in [0.1, 0.15) is 0 Å². The smallest absolute Gasteiger partial charge is 0.295 e. The van der Waals surface area contributed by atoms with Gasteiger partial charge >= 0.3 is 0 Å². The molecule has 1 aliphatic heterocycles. The van der Waals surface area contributed by atoms with Gasteiger partial charge in [-0.15, -0.1) is 6.42 Å². The number of hydrogen-bond donors (Lipinski definition) is 1. The van der Waals surface area contributed by atoms with Crippen LogP contribution in [0.25, 0.3) is 0 Å². The highest BCUT2D eigenvalue weighted by Crippen LogP contribution is 2.15. The van der Waals surface area contributed by atoms with Crippen molar-refractivity contribution in [3.8, 4) is 12.3 Å². The maximum absolute atomic E-state index is 10.8. The van der Waals surface area contributed by atoms with E-state index >= 15 is 0 Å². The third-order valence-electron chi connectivity index (χ3n) is 2.16. The SMILES string of the molecule is C#CC(=O)NC(C)C1CCOC1. The molecule has 0 aromatic rings. The Hall–Kier alpha value is -1.01. The average Bonchev–Trinajstić information content (AvgIpc) is 2.56. The Balaban J connectivity index is 2.32. The number of rotatable bonds is 2. The van der Waals surface area contributed by atoms with Gasteiger partial charge in [-0.3, -0.25) is 4.79 Å². The summed E-state index contributed by atoms with van der Waals surface area (Å²) < 4.78 is 5.19. The van der Waals surface area contributed by atoms with E-state index in [1.807, 2.05) is 12.8 Å². The van der Waals surface area contributed by atoms with E-state index in [0.29, 0.717) is 5.92 Å². The van der Waals surface area contributed by atoms with Crippen LogP contribution in [0.3, 0.4) is 0 Å². The van der Waals surface area contributed by atoms with Crippen LogP contribution in [0.15, 0.2) is 0 Å². The average molecular weight is 167 g/mol. The lowest BCUT2D eigenvalue weighted by Gasteiger charge is -2.17. The molecule has 0 aromatic heterocycles. The number of terminal acetylenes is 1. The summed E-state index contributed by atoms with van der Waals surface area (Å²) in [4.78, 5) is 10.8. The van der Waals surface area contributed by atoms with Gasteiger partial charge in [-0.05, 0) is 19.3 Å². The molecule has 0 spiro atoms. The van der Waals surface area contributed by atoms with E-state index in [2.05, 4.69) is 5.32 Å². The molecule has 12 heavy (non-hydrogen) atoms. The molecule has 2 atom stereocenters. The van der Waals surface area contributed by atoms with Gasteiger partial charge in [0, 0.05) is 18.6 Å². The Kier molecular flexibility index (Phi) is 3.12. The van der Waals surface area contributed by atoms with Crippen molar-refractivity contribution in [1.82, 2.24) is 5.32 Å². The molecule has 0 aliphatic carbocycles. The van der Waals surface area contributed by atoms with Crippen molar-refractivity contribution >= 4 is 5.91 Å². The summed E-state index contributed by atoms with van der Waals surface area (Å²) in [7, 11) is 0. The van der Waals surface area contributed by atoms with Crippen molar-refractivity contribution < 1.29 is 9.53 Å². The summed E-state index contributed by atoms with van der Waals surface area (Å²) in [6.45, 7) is 3.47. The molecule has 66 valence electrons. The van der Waals surface area contributed by atoms with Crippen LogP contribution in [0.5, 0.6) is 0 Å². The van der Waals surface area contributed by atoms with Gasteiger partial charge < -0.3 is 10.1 Å². The molecule has 1 amide bonds. The van der Waals surface area contributed by atoms with Crippen molar-refractivity contribution in [2.75, 3.05) is 13.2 Å². The second-order valence-corrected chi connectivity index (χ2v) is 3.03. The minimum absolute atomic E-state index is 0.121. The quantitative estimate of drug-likeness (QED) is 0.595. The third-order valence-corrected chi connectivity index (χ3v) is 2.16. The van der Waals surface area contributed by atoms with E-state index in [4.69, 9.17) is 11.2 Å². The molecule has 1 aliphatic rings. The van der Waals surface area contributed by atoms with Crippen molar-refractivity contribution in [3.05, 3.63) is 0 Å². The van der Waals surface area contributed by atoms with Crippen LogP contribution in [0.1, 0.15) is 13.3 Å². The van der Waals surface area contributed by atoms with Gasteiger partial charge in [0.2, 0.25) is 0 Å². The molecule has 3 nitrogen and oxygen atoms in total. The first kappa shape index (κ1) is 9.08. The molecule has 1 N–H and O–H groups in total. The van der Waals surface area contributed by atoms with Crippen LogP contribution >= 0.6 is 0 Å². The van der Waals surface area contributed by atoms with Crippen molar-refractivity contribution in [2.45, 2.75) is 19.4 Å². The van der Waals surface area contributed by atoms with Crippen molar-refractivity contribution in [3.63, 3.8) is 0 Å². The Morgan fingerprint density at radius 3 is 3.08 bits per heavy atom. The third kappa shape index (κ3) is 2.24. The van der Waals surface area contributed by atoms with Crippen molar-refractivity contribution in [2.24, 2.45) is 5.92 Å². The van der Waals surface area contributed by atoms with E-state index in [1.165, 1.54) is 0 Å². The van der Waals surface area contributed by atoms with Crippen LogP contribution in [-0.2, 0) is 9.53 Å². The molecule has 0 saturated carbocycles. The predicted octanol–water partition coefficient (Wildman–Crippen LogP) is 0.161. The Morgan fingerprint density at radius 1 is 1.83 bits per heavy atom. The van der Waals surface area contributed by atoms with Gasteiger partial charge in [0.15, 0.2) is 0 Å². The maximum atomic E-state index is 10.8. The molecule has 1 heterocycles. The van der Waals surface area contributed by atoms with E-state index in [1.54, 1.807) is 0 Å². The first-order valence-corrected chi connectivity index (χ1v) is 4.09. The van der Waals surface area contributed by atoms with Gasteiger partial charge in [-0.25, -0.2) is 0 Å². The molecule has 1 saturated heterocycles. The highest BCUT2D eigenvalue weighted by Gasteiger charge is 2.22. The van der Waals surface area contributed by atoms with Gasteiger partial charge in [-0.2, -0.15) is 0 Å². The summed E-state index contributed by atoms with van der Waals surface area (Å²) >= 11 is 0. The number of nitrogens with one attached hydrogen (secondary N) is 1. The largest absolute Gasteiger partial charge is 0.381 e. The molecule has 3 heteroatoms. The number of amides is 1. The normalized spacial score (nSPS) is 24.5. The van der Waals surface area contributed by atoms with Crippen LogP contribution in [0.2, 0.25) is 0 Å². The van der Waals surface area contributed by atoms with Gasteiger partial charge in [-0.1, -0.05) is 0 Å². The zero-order chi connectivity index (χ0) is 8.97. The topological polar surface area (TPSA) is 38.3 Å². The first-order chi connectivity index (χ1) is 5.74. The summed E-state index contributed by atoms with van der Waals surface area (Å²) in [6, 6.07) is 0.121. The molecule has 0 aromatic carbocycles. The second kappa shape index (κ2) is 4.13. The zero-order valence-electron chi connectivity index (χ0n) is 7.17. The summed E-state index contributed by atoms with van der Waals surface area (Å²) in [5.74, 6) is 2.11. The number of carbonyl (C=O) groups is 1. The monoisotopic (exact) mass is 167 g/mol. The van der Waals surface area contributed by atoms with E-state index in [0.717, 1.165) is 19.6 Å². The van der Waals surface area contributed by atoms with Gasteiger partial charge in [0.05, 0.1) is 6.61 Å².